The maximum Gasteiger partial charge on any atom is 0.0864 e. The van der Waals surface area contributed by atoms with E-state index in [1.807, 2.05) is 6.92 Å². The molecule has 0 nitrogen and oxygen atoms in total. The minimum absolute atomic E-state index is 0.255. The number of hydrogen-bond acceptors (Lipinski definition) is 2. The molecule has 0 fully saturated rings. The van der Waals surface area contributed by atoms with E-state index in [1.54, 1.807) is 21.6 Å². The van der Waals surface area contributed by atoms with Crippen LogP contribution in [0.4, 0.5) is 0 Å². The molecule has 0 saturated carbocycles. The Bertz CT molecular complexity index is 38.7. The van der Waals surface area contributed by atoms with Crippen molar-refractivity contribution < 1.29 is 0 Å². The fraction of sp³-hybridized carbons (Fsp3) is 1.00. The number of alkyl halides is 1. The quantitative estimate of drug-likeness (QED) is 0.455. The molecule has 1 unspecified atom stereocenters. The van der Waals surface area contributed by atoms with Crippen molar-refractivity contribution in [2.75, 3.05) is 5.75 Å². The van der Waals surface area contributed by atoms with Gasteiger partial charge in [-0.05, 0) is 6.92 Å². The number of hydrogen-bond donors (Lipinski definition) is 0. The predicted molar refractivity (Wildman–Crippen MR) is 41.0 cm³/mol. The second-order valence-electron chi connectivity index (χ2n) is 1.05. The molecule has 0 amide bonds. The van der Waals surface area contributed by atoms with Crippen LogP contribution in [0.3, 0.4) is 0 Å². The molecule has 0 heterocycles. The molecule has 0 rings (SSSR count). The van der Waals surface area contributed by atoms with E-state index in [0.29, 0.717) is 0 Å². The first-order valence-electron chi connectivity index (χ1n) is 2.19. The van der Waals surface area contributed by atoms with Gasteiger partial charge >= 0.3 is 0 Å². The lowest BCUT2D eigenvalue weighted by Gasteiger charge is -1.95. The van der Waals surface area contributed by atoms with Gasteiger partial charge in [0.25, 0.3) is 0 Å². The first-order valence-corrected chi connectivity index (χ1v) is 5.01. The molecule has 1 atom stereocenters. The summed E-state index contributed by atoms with van der Waals surface area (Å²) in [6, 6.07) is 0. The van der Waals surface area contributed by atoms with Crippen molar-refractivity contribution in [2.24, 2.45) is 0 Å². The van der Waals surface area contributed by atoms with Crippen molar-refractivity contribution in [1.29, 1.82) is 0 Å². The molecular formula is C4H9ClS2. The molecule has 0 spiro atoms. The van der Waals surface area contributed by atoms with Crippen LogP contribution in [0.5, 0.6) is 0 Å². The van der Waals surface area contributed by atoms with E-state index in [4.69, 9.17) is 11.6 Å². The topological polar surface area (TPSA) is 0 Å². The van der Waals surface area contributed by atoms with E-state index in [1.165, 1.54) is 0 Å². The lowest BCUT2D eigenvalue weighted by molar-refractivity contribution is 1.42. The van der Waals surface area contributed by atoms with Gasteiger partial charge in [-0.2, -0.15) is 0 Å². The highest BCUT2D eigenvalue weighted by atomic mass is 35.5. The van der Waals surface area contributed by atoms with Crippen molar-refractivity contribution in [1.82, 2.24) is 0 Å². The molecule has 0 aliphatic carbocycles. The smallest absolute Gasteiger partial charge is 0.0864 e. The van der Waals surface area contributed by atoms with Gasteiger partial charge in [0.15, 0.2) is 0 Å². The molecule has 0 aromatic heterocycles. The van der Waals surface area contributed by atoms with Gasteiger partial charge in [0.05, 0.1) is 4.71 Å². The minimum Gasteiger partial charge on any atom is -0.111 e. The van der Waals surface area contributed by atoms with Gasteiger partial charge in [0.1, 0.15) is 0 Å². The van der Waals surface area contributed by atoms with Crippen molar-refractivity contribution in [3.63, 3.8) is 0 Å². The van der Waals surface area contributed by atoms with E-state index in [9.17, 15) is 0 Å². The molecule has 0 aliphatic rings. The van der Waals surface area contributed by atoms with Gasteiger partial charge in [0, 0.05) is 5.75 Å². The zero-order chi connectivity index (χ0) is 5.70. The minimum atomic E-state index is 0.255. The Balaban J connectivity index is 2.68. The maximum absolute atomic E-state index is 5.60. The molecule has 0 aliphatic heterocycles. The molecule has 0 aromatic rings. The van der Waals surface area contributed by atoms with Gasteiger partial charge in [-0.1, -0.05) is 28.5 Å². The third-order valence-corrected chi connectivity index (χ3v) is 3.52. The Morgan fingerprint density at radius 3 is 2.43 bits per heavy atom. The third kappa shape index (κ3) is 6.99. The summed E-state index contributed by atoms with van der Waals surface area (Å²) >= 11 is 5.60. The highest BCUT2D eigenvalue weighted by Crippen LogP contribution is 2.27. The summed E-state index contributed by atoms with van der Waals surface area (Å²) in [7, 11) is 3.51. The largest absolute Gasteiger partial charge is 0.111 e. The van der Waals surface area contributed by atoms with Crippen LogP contribution in [0.1, 0.15) is 13.8 Å². The first-order chi connectivity index (χ1) is 3.27. The average molecular weight is 157 g/mol. The Morgan fingerprint density at radius 1 is 1.71 bits per heavy atom. The summed E-state index contributed by atoms with van der Waals surface area (Å²) in [5.74, 6) is 1.14. The van der Waals surface area contributed by atoms with Crippen LogP contribution in [0, 0.1) is 0 Å². The van der Waals surface area contributed by atoms with Crippen LogP contribution in [0.2, 0.25) is 0 Å². The Labute approximate surface area is 57.8 Å². The predicted octanol–water partition coefficient (Wildman–Crippen LogP) is 2.97. The molecule has 3 heteroatoms. The summed E-state index contributed by atoms with van der Waals surface area (Å²) in [5.41, 5.74) is 0. The fourth-order valence-electron chi connectivity index (χ4n) is 0.162. The van der Waals surface area contributed by atoms with E-state index < -0.39 is 0 Å². The van der Waals surface area contributed by atoms with E-state index in [0.717, 1.165) is 5.75 Å². The van der Waals surface area contributed by atoms with Crippen LogP contribution < -0.4 is 0 Å². The Hall–Kier alpha value is 0.990. The van der Waals surface area contributed by atoms with Crippen LogP contribution >= 0.6 is 33.2 Å². The summed E-state index contributed by atoms with van der Waals surface area (Å²) in [4.78, 5) is 0. The molecule has 0 radical (unpaired) electrons. The van der Waals surface area contributed by atoms with Gasteiger partial charge in [-0.25, -0.2) is 0 Å². The molecule has 44 valence electrons. The summed E-state index contributed by atoms with van der Waals surface area (Å²) < 4.78 is 0.255. The van der Waals surface area contributed by atoms with Crippen molar-refractivity contribution in [3.05, 3.63) is 0 Å². The molecule has 0 saturated heterocycles. The van der Waals surface area contributed by atoms with Crippen LogP contribution in [0.25, 0.3) is 0 Å². The SMILES string of the molecule is CCSSC(C)Cl. The summed E-state index contributed by atoms with van der Waals surface area (Å²) in [5, 5.41) is 0. The summed E-state index contributed by atoms with van der Waals surface area (Å²) in [6.45, 7) is 4.10. The van der Waals surface area contributed by atoms with Crippen LogP contribution in [0.15, 0.2) is 0 Å². The van der Waals surface area contributed by atoms with E-state index >= 15 is 0 Å². The summed E-state index contributed by atoms with van der Waals surface area (Å²) in [6.07, 6.45) is 0. The first kappa shape index (κ1) is 7.99. The van der Waals surface area contributed by atoms with Gasteiger partial charge in [0.2, 0.25) is 0 Å². The van der Waals surface area contributed by atoms with E-state index in [-0.39, 0.29) is 4.71 Å². The second kappa shape index (κ2) is 5.13. The lowest BCUT2D eigenvalue weighted by atomic mass is 11.0. The fourth-order valence-corrected chi connectivity index (χ4v) is 1.92. The lowest BCUT2D eigenvalue weighted by Crippen LogP contribution is -1.74. The number of rotatable bonds is 3. The zero-order valence-electron chi connectivity index (χ0n) is 4.48. The monoisotopic (exact) mass is 156 g/mol. The van der Waals surface area contributed by atoms with E-state index in [2.05, 4.69) is 6.92 Å². The molecule has 0 aromatic carbocycles. The Morgan fingerprint density at radius 2 is 2.29 bits per heavy atom. The molecule has 0 N–H and O–H groups in total. The normalized spacial score (nSPS) is 14.1. The number of halogens is 1. The van der Waals surface area contributed by atoms with Gasteiger partial charge < -0.3 is 0 Å². The highest BCUT2D eigenvalue weighted by Gasteiger charge is 1.92. The molecular weight excluding hydrogens is 148 g/mol. The second-order valence-corrected chi connectivity index (χ2v) is 4.96. The molecule has 0 bridgehead atoms. The standard InChI is InChI=1S/C4H9ClS2/c1-3-6-7-4(2)5/h4H,3H2,1-2H3. The van der Waals surface area contributed by atoms with Crippen molar-refractivity contribution in [3.8, 4) is 0 Å². The van der Waals surface area contributed by atoms with Crippen LogP contribution in [-0.4, -0.2) is 10.5 Å². The van der Waals surface area contributed by atoms with Crippen molar-refractivity contribution in [2.45, 2.75) is 18.6 Å². The third-order valence-electron chi connectivity index (χ3n) is 0.318. The Kier molecular flexibility index (Phi) is 5.86. The highest BCUT2D eigenvalue weighted by molar-refractivity contribution is 8.77. The van der Waals surface area contributed by atoms with Crippen molar-refractivity contribution >= 4 is 33.2 Å². The van der Waals surface area contributed by atoms with Gasteiger partial charge in [-0.3, -0.25) is 0 Å². The van der Waals surface area contributed by atoms with Crippen LogP contribution in [-0.2, 0) is 0 Å². The van der Waals surface area contributed by atoms with Gasteiger partial charge in [-0.15, -0.1) is 11.6 Å². The maximum atomic E-state index is 5.60. The molecule has 7 heavy (non-hydrogen) atoms. The average Bonchev–Trinajstić information content (AvgIpc) is 1.61. The zero-order valence-corrected chi connectivity index (χ0v) is 6.87.